The Hall–Kier alpha value is -3.28. The molecular weight excluding hydrogens is 378 g/mol. The van der Waals surface area contributed by atoms with Crippen molar-refractivity contribution in [2.75, 3.05) is 7.05 Å². The van der Waals surface area contributed by atoms with E-state index in [1.807, 2.05) is 49.1 Å². The molecule has 2 aromatic heterocycles. The number of rotatable bonds is 7. The lowest BCUT2D eigenvalue weighted by Gasteiger charge is -2.23. The molecule has 0 spiro atoms. The third-order valence-electron chi connectivity index (χ3n) is 5.74. The molecule has 156 valence electrons. The standard InChI is InChI=1S/C24H27N3O3/c1-16-13-22(17(2)26(16)15-21-5-4-12-30-21)24(29)27(20-10-11-20)14-18-6-8-19(9-7-18)23(28)25-3/h4-9,12-13,20H,10-11,14-15H2,1-3H3,(H,25,28). The molecule has 2 heterocycles. The van der Waals surface area contributed by atoms with Gasteiger partial charge in [-0.1, -0.05) is 12.1 Å². The first-order chi connectivity index (χ1) is 14.5. The lowest BCUT2D eigenvalue weighted by molar-refractivity contribution is 0.0728. The normalized spacial score (nSPS) is 13.3. The average Bonchev–Trinajstić information content (AvgIpc) is 3.40. The molecule has 0 radical (unpaired) electrons. The fourth-order valence-corrected chi connectivity index (χ4v) is 3.83. The lowest BCUT2D eigenvalue weighted by Crippen LogP contribution is -2.33. The van der Waals surface area contributed by atoms with Gasteiger partial charge in [-0.3, -0.25) is 9.59 Å². The third kappa shape index (κ3) is 4.03. The van der Waals surface area contributed by atoms with Crippen LogP contribution in [0.4, 0.5) is 0 Å². The monoisotopic (exact) mass is 405 g/mol. The number of hydrogen-bond acceptors (Lipinski definition) is 3. The van der Waals surface area contributed by atoms with Crippen LogP contribution in [0.15, 0.2) is 53.1 Å². The topological polar surface area (TPSA) is 67.5 Å². The molecule has 4 rings (SSSR count). The summed E-state index contributed by atoms with van der Waals surface area (Å²) in [6, 6.07) is 13.5. The lowest BCUT2D eigenvalue weighted by atomic mass is 10.1. The molecule has 6 heteroatoms. The number of furan rings is 1. The number of nitrogens with zero attached hydrogens (tertiary/aromatic N) is 2. The van der Waals surface area contributed by atoms with E-state index in [2.05, 4.69) is 9.88 Å². The Morgan fingerprint density at radius 2 is 1.90 bits per heavy atom. The van der Waals surface area contributed by atoms with E-state index < -0.39 is 0 Å². The van der Waals surface area contributed by atoms with Crippen LogP contribution in [0.5, 0.6) is 0 Å². The van der Waals surface area contributed by atoms with Crippen LogP contribution < -0.4 is 5.32 Å². The van der Waals surface area contributed by atoms with Gasteiger partial charge >= 0.3 is 0 Å². The maximum Gasteiger partial charge on any atom is 0.256 e. The van der Waals surface area contributed by atoms with Crippen molar-refractivity contribution in [2.24, 2.45) is 0 Å². The Kier molecular flexibility index (Phi) is 5.48. The zero-order chi connectivity index (χ0) is 21.3. The van der Waals surface area contributed by atoms with Crippen molar-refractivity contribution in [2.45, 2.75) is 45.8 Å². The Balaban J connectivity index is 1.55. The zero-order valence-electron chi connectivity index (χ0n) is 17.6. The van der Waals surface area contributed by atoms with E-state index in [-0.39, 0.29) is 17.9 Å². The van der Waals surface area contributed by atoms with E-state index in [4.69, 9.17) is 4.42 Å². The molecule has 0 unspecified atom stereocenters. The zero-order valence-corrected chi connectivity index (χ0v) is 17.6. The molecule has 3 aromatic rings. The number of benzene rings is 1. The smallest absolute Gasteiger partial charge is 0.256 e. The van der Waals surface area contributed by atoms with Crippen LogP contribution >= 0.6 is 0 Å². The van der Waals surface area contributed by atoms with Gasteiger partial charge in [-0.2, -0.15) is 0 Å². The summed E-state index contributed by atoms with van der Waals surface area (Å²) in [5.41, 5.74) is 4.37. The molecule has 1 fully saturated rings. The molecule has 1 aliphatic carbocycles. The SMILES string of the molecule is CNC(=O)c1ccc(CN(C(=O)c2cc(C)n(Cc3ccco3)c2C)C2CC2)cc1. The van der Waals surface area contributed by atoms with E-state index in [1.165, 1.54) is 0 Å². The molecule has 0 saturated heterocycles. The highest BCUT2D eigenvalue weighted by Crippen LogP contribution is 2.31. The molecule has 6 nitrogen and oxygen atoms in total. The number of aryl methyl sites for hydroxylation is 1. The van der Waals surface area contributed by atoms with Gasteiger partial charge in [0, 0.05) is 36.6 Å². The molecule has 1 N–H and O–H groups in total. The molecule has 0 aliphatic heterocycles. The third-order valence-corrected chi connectivity index (χ3v) is 5.74. The number of aromatic nitrogens is 1. The number of amides is 2. The van der Waals surface area contributed by atoms with Gasteiger partial charge in [0.05, 0.1) is 18.4 Å². The van der Waals surface area contributed by atoms with Crippen molar-refractivity contribution in [3.8, 4) is 0 Å². The van der Waals surface area contributed by atoms with Crippen LogP contribution in [-0.4, -0.2) is 34.4 Å². The number of carbonyl (C=O) groups excluding carboxylic acids is 2. The summed E-state index contributed by atoms with van der Waals surface area (Å²) in [6.45, 7) is 5.17. The molecule has 0 atom stereocenters. The summed E-state index contributed by atoms with van der Waals surface area (Å²) >= 11 is 0. The van der Waals surface area contributed by atoms with Crippen molar-refractivity contribution in [1.29, 1.82) is 0 Å². The van der Waals surface area contributed by atoms with Gasteiger partial charge in [0.25, 0.3) is 11.8 Å². The molecule has 1 saturated carbocycles. The summed E-state index contributed by atoms with van der Waals surface area (Å²) in [5.74, 6) is 0.818. The van der Waals surface area contributed by atoms with Gasteiger partial charge < -0.3 is 19.2 Å². The van der Waals surface area contributed by atoms with Gasteiger partial charge in [-0.15, -0.1) is 0 Å². The van der Waals surface area contributed by atoms with Gasteiger partial charge in [0.2, 0.25) is 0 Å². The summed E-state index contributed by atoms with van der Waals surface area (Å²) in [6.07, 6.45) is 3.74. The maximum atomic E-state index is 13.5. The number of carbonyl (C=O) groups is 2. The van der Waals surface area contributed by atoms with E-state index in [0.29, 0.717) is 18.7 Å². The van der Waals surface area contributed by atoms with Gasteiger partial charge in [-0.05, 0) is 62.6 Å². The van der Waals surface area contributed by atoms with Crippen LogP contribution in [-0.2, 0) is 13.1 Å². The minimum Gasteiger partial charge on any atom is -0.467 e. The molecule has 0 bridgehead atoms. The van der Waals surface area contributed by atoms with Crippen molar-refractivity contribution in [1.82, 2.24) is 14.8 Å². The predicted octanol–water partition coefficient (Wildman–Crippen LogP) is 3.91. The highest BCUT2D eigenvalue weighted by atomic mass is 16.3. The van der Waals surface area contributed by atoms with Crippen molar-refractivity contribution in [3.05, 3.63) is 82.6 Å². The van der Waals surface area contributed by atoms with Crippen molar-refractivity contribution >= 4 is 11.8 Å². The molecule has 30 heavy (non-hydrogen) atoms. The second-order valence-electron chi connectivity index (χ2n) is 7.89. The highest BCUT2D eigenvalue weighted by molar-refractivity contribution is 5.96. The largest absolute Gasteiger partial charge is 0.467 e. The van der Waals surface area contributed by atoms with E-state index in [0.717, 1.165) is 41.1 Å². The van der Waals surface area contributed by atoms with Gasteiger partial charge in [-0.25, -0.2) is 0 Å². The quantitative estimate of drug-likeness (QED) is 0.648. The minimum atomic E-state index is -0.110. The average molecular weight is 405 g/mol. The summed E-state index contributed by atoms with van der Waals surface area (Å²) < 4.78 is 7.60. The highest BCUT2D eigenvalue weighted by Gasteiger charge is 2.34. The van der Waals surface area contributed by atoms with E-state index in [9.17, 15) is 9.59 Å². The first-order valence-electron chi connectivity index (χ1n) is 10.3. The number of hydrogen-bond donors (Lipinski definition) is 1. The first kappa shape index (κ1) is 20.0. The van der Waals surface area contributed by atoms with E-state index in [1.54, 1.807) is 25.4 Å². The minimum absolute atomic E-state index is 0.0617. The van der Waals surface area contributed by atoms with Crippen molar-refractivity contribution in [3.63, 3.8) is 0 Å². The summed E-state index contributed by atoms with van der Waals surface area (Å²) in [5, 5.41) is 2.63. The fourth-order valence-electron chi connectivity index (χ4n) is 3.83. The van der Waals surface area contributed by atoms with Crippen LogP contribution in [0.3, 0.4) is 0 Å². The summed E-state index contributed by atoms with van der Waals surface area (Å²) in [4.78, 5) is 27.2. The van der Waals surface area contributed by atoms with Crippen LogP contribution in [0.2, 0.25) is 0 Å². The number of nitrogens with one attached hydrogen (secondary N) is 1. The Labute approximate surface area is 176 Å². The van der Waals surface area contributed by atoms with Crippen molar-refractivity contribution < 1.29 is 14.0 Å². The van der Waals surface area contributed by atoms with Gasteiger partial charge in [0.1, 0.15) is 5.76 Å². The van der Waals surface area contributed by atoms with Gasteiger partial charge in [0.15, 0.2) is 0 Å². The first-order valence-corrected chi connectivity index (χ1v) is 10.3. The Morgan fingerprint density at radius 3 is 2.50 bits per heavy atom. The second-order valence-corrected chi connectivity index (χ2v) is 7.89. The predicted molar refractivity (Wildman–Crippen MR) is 114 cm³/mol. The fraction of sp³-hybridized carbons (Fsp3) is 0.333. The maximum absolute atomic E-state index is 13.5. The van der Waals surface area contributed by atoms with E-state index >= 15 is 0 Å². The molecule has 2 amide bonds. The second kappa shape index (κ2) is 8.22. The molecular formula is C24H27N3O3. The Morgan fingerprint density at radius 1 is 1.17 bits per heavy atom. The summed E-state index contributed by atoms with van der Waals surface area (Å²) in [7, 11) is 1.62. The van der Waals surface area contributed by atoms with Crippen LogP contribution in [0.25, 0.3) is 0 Å². The Bertz CT molecular complexity index is 1040. The van der Waals surface area contributed by atoms with Crippen LogP contribution in [0, 0.1) is 13.8 Å². The molecule has 1 aromatic carbocycles. The molecule has 1 aliphatic rings. The van der Waals surface area contributed by atoms with Crippen LogP contribution in [0.1, 0.15) is 56.3 Å².